The molecule has 2 fully saturated rings. The summed E-state index contributed by atoms with van der Waals surface area (Å²) in [4.78, 5) is 17.4. The number of tetrazole rings is 1. The van der Waals surface area contributed by atoms with Crippen LogP contribution < -0.4 is 10.5 Å². The number of pyridine rings is 1. The number of rotatable bonds is 5. The van der Waals surface area contributed by atoms with E-state index in [1.165, 1.54) is 4.90 Å². The summed E-state index contributed by atoms with van der Waals surface area (Å²) in [6.07, 6.45) is 2.18. The van der Waals surface area contributed by atoms with Crippen molar-refractivity contribution in [3.63, 3.8) is 0 Å². The van der Waals surface area contributed by atoms with Crippen LogP contribution in [0, 0.1) is 6.92 Å². The second kappa shape index (κ2) is 8.25. The molecule has 2 aromatic heterocycles. The molecule has 2 atom stereocenters. The van der Waals surface area contributed by atoms with E-state index >= 15 is 0 Å². The molecule has 0 bridgehead atoms. The summed E-state index contributed by atoms with van der Waals surface area (Å²) in [5, 5.41) is 13.6. The Kier molecular flexibility index (Phi) is 5.32. The van der Waals surface area contributed by atoms with E-state index in [2.05, 4.69) is 33.5 Å². The Labute approximate surface area is 174 Å². The first kappa shape index (κ1) is 19.3. The molecule has 2 aliphatic rings. The number of nitrogens with one attached hydrogen (secondary N) is 2. The quantitative estimate of drug-likeness (QED) is 0.614. The highest BCUT2D eigenvalue weighted by atomic mass is 16.5. The van der Waals surface area contributed by atoms with Gasteiger partial charge in [0, 0.05) is 12.1 Å². The normalized spacial score (nSPS) is 21.3. The summed E-state index contributed by atoms with van der Waals surface area (Å²) >= 11 is 0. The maximum Gasteiger partial charge on any atom is 0.258 e. The molecule has 2 N–H and O–H groups in total. The van der Waals surface area contributed by atoms with Crippen LogP contribution in [0.3, 0.4) is 0 Å². The maximum absolute atomic E-state index is 13.2. The summed E-state index contributed by atoms with van der Waals surface area (Å²) in [5.74, 6) is 0.708. The van der Waals surface area contributed by atoms with Gasteiger partial charge in [0.25, 0.3) is 5.56 Å². The van der Waals surface area contributed by atoms with Gasteiger partial charge in [-0.3, -0.25) is 4.79 Å². The number of aryl methyl sites for hydroxylation is 1. The van der Waals surface area contributed by atoms with Crippen LogP contribution in [0.5, 0.6) is 0 Å². The van der Waals surface area contributed by atoms with E-state index in [9.17, 15) is 4.79 Å². The molecule has 4 heterocycles. The topological polar surface area (TPSA) is 99.4 Å². The average Bonchev–Trinajstić information content (AvgIpc) is 3.43. The third-order valence-electron chi connectivity index (χ3n) is 6.10. The van der Waals surface area contributed by atoms with Gasteiger partial charge in [0.05, 0.1) is 31.4 Å². The Morgan fingerprint density at radius 2 is 2.13 bits per heavy atom. The number of aromatic amines is 1. The van der Waals surface area contributed by atoms with Crippen LogP contribution in [-0.2, 0) is 16.0 Å². The summed E-state index contributed by atoms with van der Waals surface area (Å²) < 4.78 is 13.2. The maximum atomic E-state index is 13.2. The zero-order valence-corrected chi connectivity index (χ0v) is 17.1. The van der Waals surface area contributed by atoms with E-state index in [0.717, 1.165) is 49.0 Å². The van der Waals surface area contributed by atoms with Gasteiger partial charge >= 0.3 is 0 Å². The Hall–Kier alpha value is -2.62. The molecular weight excluding hydrogens is 384 g/mol. The van der Waals surface area contributed by atoms with Crippen LogP contribution in [0.2, 0.25) is 0 Å². The Bertz CT molecular complexity index is 1080. The van der Waals surface area contributed by atoms with Crippen molar-refractivity contribution < 1.29 is 14.4 Å². The van der Waals surface area contributed by atoms with Gasteiger partial charge in [0.15, 0.2) is 6.04 Å². The van der Waals surface area contributed by atoms with Crippen LogP contribution >= 0.6 is 0 Å². The number of aromatic nitrogens is 5. The van der Waals surface area contributed by atoms with Crippen molar-refractivity contribution in [1.29, 1.82) is 0 Å². The first-order chi connectivity index (χ1) is 14.7. The van der Waals surface area contributed by atoms with Crippen molar-refractivity contribution in [2.75, 3.05) is 32.9 Å². The predicted molar refractivity (Wildman–Crippen MR) is 109 cm³/mol. The second-order valence-corrected chi connectivity index (χ2v) is 8.20. The van der Waals surface area contributed by atoms with Gasteiger partial charge in [-0.25, -0.2) is 4.68 Å². The van der Waals surface area contributed by atoms with E-state index in [1.807, 2.05) is 22.9 Å². The molecular formula is C21H27N6O3+. The molecule has 3 aromatic rings. The summed E-state index contributed by atoms with van der Waals surface area (Å²) in [6, 6.07) is 7.78. The SMILES string of the molecule is Cc1ccc2[nH]c(=O)c([C@H](c3nnnn3C[C@@H]3CCCO3)[NH+]3CCOCC3)cc2c1. The van der Waals surface area contributed by atoms with Crippen molar-refractivity contribution in [3.05, 3.63) is 51.6 Å². The third kappa shape index (κ3) is 3.76. The fourth-order valence-electron chi connectivity index (χ4n) is 4.55. The van der Waals surface area contributed by atoms with E-state index in [1.54, 1.807) is 0 Å². The van der Waals surface area contributed by atoms with E-state index in [0.29, 0.717) is 31.1 Å². The molecule has 0 saturated carbocycles. The number of ether oxygens (including phenoxy) is 2. The second-order valence-electron chi connectivity index (χ2n) is 8.20. The highest BCUT2D eigenvalue weighted by Crippen LogP contribution is 2.21. The van der Waals surface area contributed by atoms with E-state index in [-0.39, 0.29) is 17.7 Å². The number of fused-ring (bicyclic) bond motifs is 1. The van der Waals surface area contributed by atoms with Crippen LogP contribution in [0.15, 0.2) is 29.1 Å². The average molecular weight is 411 g/mol. The molecule has 9 heteroatoms. The lowest BCUT2D eigenvalue weighted by atomic mass is 10.0. The molecule has 2 saturated heterocycles. The van der Waals surface area contributed by atoms with Crippen LogP contribution in [0.25, 0.3) is 10.9 Å². The minimum absolute atomic E-state index is 0.0954. The Balaban J connectivity index is 1.60. The van der Waals surface area contributed by atoms with Gasteiger partial charge in [-0.2, -0.15) is 0 Å². The van der Waals surface area contributed by atoms with Crippen LogP contribution in [-0.4, -0.2) is 64.2 Å². The highest BCUT2D eigenvalue weighted by molar-refractivity contribution is 5.79. The summed E-state index contributed by atoms with van der Waals surface area (Å²) in [5.41, 5.74) is 2.58. The lowest BCUT2D eigenvalue weighted by Crippen LogP contribution is -3.14. The third-order valence-corrected chi connectivity index (χ3v) is 6.10. The fraction of sp³-hybridized carbons (Fsp3) is 0.524. The molecule has 0 radical (unpaired) electrons. The number of hydrogen-bond donors (Lipinski definition) is 2. The molecule has 1 aromatic carbocycles. The summed E-state index contributed by atoms with van der Waals surface area (Å²) in [7, 11) is 0. The van der Waals surface area contributed by atoms with E-state index in [4.69, 9.17) is 9.47 Å². The predicted octanol–water partition coefficient (Wildman–Crippen LogP) is 0.00652. The molecule has 0 unspecified atom stereocenters. The number of hydrogen-bond acceptors (Lipinski definition) is 6. The molecule has 0 aliphatic carbocycles. The van der Waals surface area contributed by atoms with Gasteiger partial charge in [0.1, 0.15) is 13.1 Å². The van der Waals surface area contributed by atoms with Crippen molar-refractivity contribution in [2.45, 2.75) is 38.5 Å². The minimum atomic E-state index is -0.265. The number of quaternary nitrogens is 1. The smallest absolute Gasteiger partial charge is 0.258 e. The van der Waals surface area contributed by atoms with Gasteiger partial charge in [-0.15, -0.1) is 5.10 Å². The molecule has 0 spiro atoms. The summed E-state index contributed by atoms with van der Waals surface area (Å²) in [6.45, 7) is 6.34. The number of benzene rings is 1. The van der Waals surface area contributed by atoms with E-state index < -0.39 is 0 Å². The molecule has 2 aliphatic heterocycles. The van der Waals surface area contributed by atoms with Crippen molar-refractivity contribution >= 4 is 10.9 Å². The van der Waals surface area contributed by atoms with Gasteiger partial charge in [-0.1, -0.05) is 11.6 Å². The first-order valence-electron chi connectivity index (χ1n) is 10.6. The Morgan fingerprint density at radius 1 is 1.27 bits per heavy atom. The molecule has 0 amide bonds. The largest absolute Gasteiger partial charge is 0.376 e. The molecule has 9 nitrogen and oxygen atoms in total. The highest BCUT2D eigenvalue weighted by Gasteiger charge is 2.35. The minimum Gasteiger partial charge on any atom is -0.376 e. The van der Waals surface area contributed by atoms with Crippen LogP contribution in [0.1, 0.15) is 35.8 Å². The van der Waals surface area contributed by atoms with Gasteiger partial charge < -0.3 is 19.4 Å². The number of H-pyrrole nitrogens is 1. The van der Waals surface area contributed by atoms with Crippen molar-refractivity contribution in [1.82, 2.24) is 25.2 Å². The molecule has 5 rings (SSSR count). The van der Waals surface area contributed by atoms with Crippen molar-refractivity contribution in [3.8, 4) is 0 Å². The lowest BCUT2D eigenvalue weighted by Gasteiger charge is -2.30. The monoisotopic (exact) mass is 411 g/mol. The van der Waals surface area contributed by atoms with Crippen molar-refractivity contribution in [2.24, 2.45) is 0 Å². The van der Waals surface area contributed by atoms with Crippen LogP contribution in [0.4, 0.5) is 0 Å². The molecule has 30 heavy (non-hydrogen) atoms. The fourth-order valence-corrected chi connectivity index (χ4v) is 4.55. The van der Waals surface area contributed by atoms with Gasteiger partial charge in [0.2, 0.25) is 5.82 Å². The standard InChI is InChI=1S/C21H26N6O3/c1-14-4-5-18-15(11-14)12-17(21(28)22-18)19(26-6-9-29-10-7-26)20-23-24-25-27(20)13-16-3-2-8-30-16/h4-5,11-12,16,19H,2-3,6-10,13H2,1H3,(H,22,28)/p+1/t16-,19+/m0/s1. The zero-order chi connectivity index (χ0) is 20.5. The number of morpholine rings is 1. The lowest BCUT2D eigenvalue weighted by molar-refractivity contribution is -0.933. The molecule has 158 valence electrons. The zero-order valence-electron chi connectivity index (χ0n) is 17.1. The van der Waals surface area contributed by atoms with Gasteiger partial charge in [-0.05, 0) is 53.8 Å². The number of nitrogens with zero attached hydrogens (tertiary/aromatic N) is 4. The Morgan fingerprint density at radius 3 is 2.93 bits per heavy atom. The first-order valence-corrected chi connectivity index (χ1v) is 10.6.